The lowest BCUT2D eigenvalue weighted by Gasteiger charge is -2.22. The van der Waals surface area contributed by atoms with Crippen LogP contribution in [0.2, 0.25) is 0 Å². The minimum atomic E-state index is -0.382. The predicted molar refractivity (Wildman–Crippen MR) is 153 cm³/mol. The van der Waals surface area contributed by atoms with Gasteiger partial charge in [0.25, 0.3) is 11.8 Å². The molecule has 0 saturated heterocycles. The summed E-state index contributed by atoms with van der Waals surface area (Å²) < 4.78 is 30.8. The molecule has 3 aromatic carbocycles. The van der Waals surface area contributed by atoms with Gasteiger partial charge in [-0.1, -0.05) is 6.07 Å². The maximum absolute atomic E-state index is 14.0. The number of methoxy groups -OCH3 is 1. The van der Waals surface area contributed by atoms with E-state index < -0.39 is 0 Å². The van der Waals surface area contributed by atoms with E-state index in [1.165, 1.54) is 25.6 Å². The summed E-state index contributed by atoms with van der Waals surface area (Å²) in [6.07, 6.45) is 3.11. The molecule has 9 heteroatoms. The monoisotopic (exact) mass is 553 g/mol. The van der Waals surface area contributed by atoms with E-state index in [-0.39, 0.29) is 23.7 Å². The molecule has 0 aliphatic heterocycles. The van der Waals surface area contributed by atoms with E-state index in [1.807, 2.05) is 31.2 Å². The highest BCUT2D eigenvalue weighted by molar-refractivity contribution is 6.12. The smallest absolute Gasteiger partial charge is 0.263 e. The van der Waals surface area contributed by atoms with Crippen molar-refractivity contribution in [3.8, 4) is 28.2 Å². The van der Waals surface area contributed by atoms with Gasteiger partial charge >= 0.3 is 0 Å². The summed E-state index contributed by atoms with van der Waals surface area (Å²) >= 11 is 0. The number of oxazole rings is 1. The molecule has 8 nitrogen and oxygen atoms in total. The van der Waals surface area contributed by atoms with E-state index in [4.69, 9.17) is 13.6 Å². The van der Waals surface area contributed by atoms with Crippen molar-refractivity contribution in [2.75, 3.05) is 19.1 Å². The van der Waals surface area contributed by atoms with Crippen molar-refractivity contribution in [2.24, 2.45) is 0 Å². The molecule has 1 fully saturated rings. The second-order valence-corrected chi connectivity index (χ2v) is 10.1. The van der Waals surface area contributed by atoms with Crippen molar-refractivity contribution in [1.82, 2.24) is 10.3 Å². The lowest BCUT2D eigenvalue weighted by atomic mass is 9.95. The molecular formula is C32H28FN3O5. The van der Waals surface area contributed by atoms with Crippen LogP contribution in [0.3, 0.4) is 0 Å². The van der Waals surface area contributed by atoms with E-state index in [0.717, 1.165) is 29.5 Å². The zero-order chi connectivity index (χ0) is 28.8. The van der Waals surface area contributed by atoms with Crippen LogP contribution < -0.4 is 15.0 Å². The lowest BCUT2D eigenvalue weighted by molar-refractivity contribution is 0.0961. The molecule has 41 heavy (non-hydrogen) atoms. The van der Waals surface area contributed by atoms with E-state index in [0.29, 0.717) is 50.7 Å². The first-order valence-electron chi connectivity index (χ1n) is 13.3. The Morgan fingerprint density at radius 2 is 1.78 bits per heavy atom. The fraction of sp³-hybridized carbons (Fsp3) is 0.219. The van der Waals surface area contributed by atoms with Crippen molar-refractivity contribution in [3.05, 3.63) is 89.3 Å². The van der Waals surface area contributed by atoms with E-state index in [2.05, 4.69) is 10.3 Å². The number of hydrogen-bond donors (Lipinski definition) is 1. The number of fused-ring (bicyclic) bond motifs is 1. The predicted octanol–water partition coefficient (Wildman–Crippen LogP) is 6.69. The second-order valence-electron chi connectivity index (χ2n) is 10.1. The molecule has 1 aliphatic carbocycles. The van der Waals surface area contributed by atoms with Gasteiger partial charge in [-0.3, -0.25) is 14.5 Å². The highest BCUT2D eigenvalue weighted by Gasteiger charge is 2.38. The van der Waals surface area contributed by atoms with Crippen LogP contribution >= 0.6 is 0 Å². The largest absolute Gasteiger partial charge is 0.496 e. The van der Waals surface area contributed by atoms with Crippen molar-refractivity contribution in [3.63, 3.8) is 0 Å². The number of anilines is 1. The van der Waals surface area contributed by atoms with Gasteiger partial charge in [-0.05, 0) is 91.9 Å². The fourth-order valence-electron chi connectivity index (χ4n) is 5.18. The molecule has 0 bridgehead atoms. The number of carbonyl (C=O) groups is 2. The standard InChI is InChI=1S/C32H28FN3O5/c1-17-13-27(39-4)25(32(38)36(22-10-11-22)30-18(2)40-16-35-30)15-23(17)20-7-12-26-24(14-20)28(31(37)34-3)29(41-26)19-5-8-21(33)9-6-19/h5-9,12-16,22H,10-11H2,1-4H3,(H,34,37). The number of rotatable bonds is 7. The van der Waals surface area contributed by atoms with Crippen LogP contribution in [0.1, 0.15) is 44.9 Å². The first-order chi connectivity index (χ1) is 19.8. The fourth-order valence-corrected chi connectivity index (χ4v) is 5.18. The van der Waals surface area contributed by atoms with Crippen LogP contribution in [-0.4, -0.2) is 37.0 Å². The van der Waals surface area contributed by atoms with Gasteiger partial charge in [0.15, 0.2) is 12.2 Å². The number of nitrogens with one attached hydrogen (secondary N) is 1. The van der Waals surface area contributed by atoms with Gasteiger partial charge in [-0.15, -0.1) is 0 Å². The highest BCUT2D eigenvalue weighted by Crippen LogP contribution is 2.40. The normalized spacial score (nSPS) is 12.9. The van der Waals surface area contributed by atoms with Gasteiger partial charge in [0.05, 0.1) is 18.2 Å². The Morgan fingerprint density at radius 1 is 1.05 bits per heavy atom. The first kappa shape index (κ1) is 26.3. The van der Waals surface area contributed by atoms with Crippen molar-refractivity contribution in [2.45, 2.75) is 32.7 Å². The molecule has 2 heterocycles. The van der Waals surface area contributed by atoms with Gasteiger partial charge in [-0.25, -0.2) is 4.39 Å². The molecule has 0 atom stereocenters. The Hall–Kier alpha value is -4.92. The van der Waals surface area contributed by atoms with E-state index in [1.54, 1.807) is 37.1 Å². The summed E-state index contributed by atoms with van der Waals surface area (Å²) in [5.74, 6) is 0.944. The molecule has 6 rings (SSSR count). The number of benzene rings is 3. The number of furan rings is 1. The van der Waals surface area contributed by atoms with Gasteiger partial charge < -0.3 is 18.9 Å². The summed E-state index contributed by atoms with van der Waals surface area (Å²) in [5, 5.41) is 3.28. The second kappa shape index (κ2) is 10.2. The van der Waals surface area contributed by atoms with Crippen LogP contribution in [0.25, 0.3) is 33.4 Å². The molecule has 5 aromatic rings. The summed E-state index contributed by atoms with van der Waals surface area (Å²) in [6, 6.07) is 15.1. The molecule has 1 N–H and O–H groups in total. The summed E-state index contributed by atoms with van der Waals surface area (Å²) in [6.45, 7) is 3.73. The SMILES string of the molecule is CNC(=O)c1c(-c2ccc(F)cc2)oc2ccc(-c3cc(C(=O)N(c4ncoc4C)C4CC4)c(OC)cc3C)cc12. The summed E-state index contributed by atoms with van der Waals surface area (Å²) in [5.41, 5.74) is 4.32. The third-order valence-corrected chi connectivity index (χ3v) is 7.41. The quantitative estimate of drug-likeness (QED) is 0.241. The molecule has 2 aromatic heterocycles. The van der Waals surface area contributed by atoms with Gasteiger partial charge in [0, 0.05) is 24.0 Å². The summed E-state index contributed by atoms with van der Waals surface area (Å²) in [4.78, 5) is 33.0. The van der Waals surface area contributed by atoms with Crippen molar-refractivity contribution in [1.29, 1.82) is 0 Å². The Balaban J connectivity index is 1.49. The van der Waals surface area contributed by atoms with Gasteiger partial charge in [0.2, 0.25) is 0 Å². The van der Waals surface area contributed by atoms with E-state index in [9.17, 15) is 14.0 Å². The molecule has 1 saturated carbocycles. The number of amides is 2. The zero-order valence-electron chi connectivity index (χ0n) is 23.1. The molecule has 0 spiro atoms. The average molecular weight is 554 g/mol. The Labute approximate surface area is 235 Å². The third-order valence-electron chi connectivity index (χ3n) is 7.41. The van der Waals surface area contributed by atoms with Crippen LogP contribution in [0.4, 0.5) is 10.2 Å². The third kappa shape index (κ3) is 4.63. The molecule has 208 valence electrons. The maximum atomic E-state index is 14.0. The molecule has 0 unspecified atom stereocenters. The number of aryl methyl sites for hydroxylation is 2. The minimum Gasteiger partial charge on any atom is -0.496 e. The number of aromatic nitrogens is 1. The van der Waals surface area contributed by atoms with Crippen molar-refractivity contribution >= 4 is 28.6 Å². The maximum Gasteiger partial charge on any atom is 0.263 e. The van der Waals surface area contributed by atoms with Crippen LogP contribution in [0.15, 0.2) is 69.8 Å². The number of carbonyl (C=O) groups excluding carboxylic acids is 2. The Kier molecular flexibility index (Phi) is 6.57. The number of ether oxygens (including phenoxy) is 1. The van der Waals surface area contributed by atoms with Crippen LogP contribution in [0.5, 0.6) is 5.75 Å². The van der Waals surface area contributed by atoms with E-state index >= 15 is 0 Å². The van der Waals surface area contributed by atoms with Crippen LogP contribution in [0, 0.1) is 19.7 Å². The summed E-state index contributed by atoms with van der Waals surface area (Å²) in [7, 11) is 3.09. The Morgan fingerprint density at radius 3 is 2.41 bits per heavy atom. The topological polar surface area (TPSA) is 97.8 Å². The molecule has 1 aliphatic rings. The number of halogens is 1. The van der Waals surface area contributed by atoms with Gasteiger partial charge in [-0.2, -0.15) is 4.98 Å². The average Bonchev–Trinajstić information content (AvgIpc) is 3.61. The first-order valence-corrected chi connectivity index (χ1v) is 13.3. The Bertz CT molecular complexity index is 1800. The molecule has 0 radical (unpaired) electrons. The lowest BCUT2D eigenvalue weighted by Crippen LogP contribution is -2.34. The molecule has 2 amide bonds. The zero-order valence-corrected chi connectivity index (χ0v) is 23.1. The van der Waals surface area contributed by atoms with Gasteiger partial charge in [0.1, 0.15) is 28.7 Å². The number of hydrogen-bond acceptors (Lipinski definition) is 6. The minimum absolute atomic E-state index is 0.0445. The van der Waals surface area contributed by atoms with Crippen LogP contribution in [-0.2, 0) is 0 Å². The molecular weight excluding hydrogens is 525 g/mol. The van der Waals surface area contributed by atoms with Crippen molar-refractivity contribution < 1.29 is 27.6 Å². The number of nitrogens with zero attached hydrogens (tertiary/aromatic N) is 2. The highest BCUT2D eigenvalue weighted by atomic mass is 19.1.